The van der Waals surface area contributed by atoms with E-state index in [1.54, 1.807) is 32.4 Å². The summed E-state index contributed by atoms with van der Waals surface area (Å²) in [4.78, 5) is 30.0. The number of methoxy groups -OCH3 is 4. The summed E-state index contributed by atoms with van der Waals surface area (Å²) in [6.07, 6.45) is 0. The van der Waals surface area contributed by atoms with Gasteiger partial charge in [-0.1, -0.05) is 18.2 Å². The number of rotatable bonds is 8. The van der Waals surface area contributed by atoms with Crippen LogP contribution in [0.2, 0.25) is 0 Å². The molecule has 0 unspecified atom stereocenters. The van der Waals surface area contributed by atoms with E-state index in [1.165, 1.54) is 14.2 Å². The topological polar surface area (TPSA) is 102 Å². The van der Waals surface area contributed by atoms with E-state index in [0.717, 1.165) is 37.6 Å². The molecule has 0 saturated carbocycles. The van der Waals surface area contributed by atoms with E-state index in [0.29, 0.717) is 34.9 Å². The first kappa shape index (κ1) is 25.2. The molecule has 4 rings (SSSR count). The van der Waals surface area contributed by atoms with Crippen LogP contribution in [-0.2, 0) is 9.53 Å². The van der Waals surface area contributed by atoms with Crippen LogP contribution < -0.4 is 29.7 Å². The number of esters is 1. The zero-order valence-electron chi connectivity index (χ0n) is 21.0. The number of urea groups is 1. The van der Waals surface area contributed by atoms with Gasteiger partial charge in [0.2, 0.25) is 0 Å². The van der Waals surface area contributed by atoms with Crippen LogP contribution >= 0.6 is 0 Å². The number of piperazine rings is 1. The highest BCUT2D eigenvalue weighted by atomic mass is 16.5. The third-order valence-electron chi connectivity index (χ3n) is 6.48. The second kappa shape index (κ2) is 11.2. The number of hydrogen-bond acceptors (Lipinski definition) is 8. The third-order valence-corrected chi connectivity index (χ3v) is 6.48. The molecule has 2 N–H and O–H groups in total. The summed E-state index contributed by atoms with van der Waals surface area (Å²) in [5.41, 5.74) is 2.62. The molecule has 2 amide bonds. The molecule has 2 aromatic carbocycles. The van der Waals surface area contributed by atoms with E-state index in [-0.39, 0.29) is 6.03 Å². The summed E-state index contributed by atoms with van der Waals surface area (Å²) in [6.45, 7) is 3.47. The Balaban J connectivity index is 1.57. The molecule has 10 heteroatoms. The number of hydrogen-bond donors (Lipinski definition) is 2. The lowest BCUT2D eigenvalue weighted by Gasteiger charge is -2.38. The van der Waals surface area contributed by atoms with Gasteiger partial charge >= 0.3 is 12.0 Å². The van der Waals surface area contributed by atoms with Crippen molar-refractivity contribution in [3.8, 4) is 17.2 Å². The Morgan fingerprint density at radius 2 is 1.61 bits per heavy atom. The van der Waals surface area contributed by atoms with Crippen molar-refractivity contribution in [1.82, 2.24) is 15.5 Å². The molecule has 2 aliphatic rings. The van der Waals surface area contributed by atoms with Crippen molar-refractivity contribution in [3.63, 3.8) is 0 Å². The quantitative estimate of drug-likeness (QED) is 0.537. The van der Waals surface area contributed by atoms with Crippen molar-refractivity contribution in [1.29, 1.82) is 0 Å². The first-order chi connectivity index (χ1) is 17.5. The van der Waals surface area contributed by atoms with Gasteiger partial charge in [0.1, 0.15) is 5.75 Å². The zero-order valence-corrected chi connectivity index (χ0v) is 21.0. The third kappa shape index (κ3) is 5.18. The average molecular weight is 497 g/mol. The number of ether oxygens (including phenoxy) is 4. The second-order valence-electron chi connectivity index (χ2n) is 8.46. The van der Waals surface area contributed by atoms with Gasteiger partial charge in [-0.3, -0.25) is 4.90 Å². The number of nitrogens with one attached hydrogen (secondary N) is 2. The van der Waals surface area contributed by atoms with E-state index < -0.39 is 12.0 Å². The minimum atomic E-state index is -0.698. The molecule has 36 heavy (non-hydrogen) atoms. The van der Waals surface area contributed by atoms with Gasteiger partial charge < -0.3 is 34.5 Å². The van der Waals surface area contributed by atoms with Gasteiger partial charge in [-0.15, -0.1) is 0 Å². The van der Waals surface area contributed by atoms with Crippen molar-refractivity contribution in [2.45, 2.75) is 6.04 Å². The van der Waals surface area contributed by atoms with Gasteiger partial charge in [0.25, 0.3) is 0 Å². The Kier molecular flexibility index (Phi) is 7.84. The standard InChI is InChI=1S/C26H32N4O6/c1-33-20-8-6-5-7-19(20)30-13-11-29(12-14-30)16-18-23(25(31)36-4)24(28-26(32)27-18)17-9-10-21(34-2)22(15-17)35-3/h5-10,15,24H,11-14,16H2,1-4H3,(H2,27,28,32)/t24-/m0/s1. The van der Waals surface area contributed by atoms with Crippen LogP contribution in [0.1, 0.15) is 11.6 Å². The fraction of sp³-hybridized carbons (Fsp3) is 0.385. The van der Waals surface area contributed by atoms with Gasteiger partial charge in [-0.2, -0.15) is 0 Å². The minimum absolute atomic E-state index is 0.358. The molecule has 0 radical (unpaired) electrons. The van der Waals surface area contributed by atoms with Crippen molar-refractivity contribution >= 4 is 17.7 Å². The molecule has 1 saturated heterocycles. The maximum absolute atomic E-state index is 12.9. The number of para-hydroxylation sites is 2. The number of amides is 2. The van der Waals surface area contributed by atoms with Crippen molar-refractivity contribution in [2.24, 2.45) is 0 Å². The lowest BCUT2D eigenvalue weighted by molar-refractivity contribution is -0.136. The normalized spacial score (nSPS) is 18.3. The molecule has 0 aliphatic carbocycles. The Bertz CT molecular complexity index is 1140. The second-order valence-corrected chi connectivity index (χ2v) is 8.46. The van der Waals surface area contributed by atoms with Crippen LogP contribution in [0.5, 0.6) is 17.2 Å². The molecule has 0 bridgehead atoms. The largest absolute Gasteiger partial charge is 0.495 e. The van der Waals surface area contributed by atoms with Crippen molar-refractivity contribution in [2.75, 3.05) is 66.1 Å². The Hall–Kier alpha value is -3.92. The molecule has 1 fully saturated rings. The summed E-state index contributed by atoms with van der Waals surface area (Å²) in [6, 6.07) is 12.2. The highest BCUT2D eigenvalue weighted by Crippen LogP contribution is 2.35. The molecular weight excluding hydrogens is 464 g/mol. The Morgan fingerprint density at radius 1 is 0.917 bits per heavy atom. The van der Waals surface area contributed by atoms with Crippen LogP contribution in [0.15, 0.2) is 53.7 Å². The number of carbonyl (C=O) groups excluding carboxylic acids is 2. The van der Waals surface area contributed by atoms with Gasteiger partial charge in [0.05, 0.1) is 45.7 Å². The van der Waals surface area contributed by atoms with E-state index >= 15 is 0 Å². The molecule has 2 aliphatic heterocycles. The maximum Gasteiger partial charge on any atom is 0.338 e. The van der Waals surface area contributed by atoms with E-state index in [4.69, 9.17) is 18.9 Å². The SMILES string of the molecule is COC(=O)C1=C(CN2CCN(c3ccccc3OC)CC2)NC(=O)N[C@H]1c1ccc(OC)c(OC)c1. The number of nitrogens with zero attached hydrogens (tertiary/aromatic N) is 2. The lowest BCUT2D eigenvalue weighted by atomic mass is 9.94. The molecule has 0 spiro atoms. The molecule has 10 nitrogen and oxygen atoms in total. The molecule has 2 heterocycles. The van der Waals surface area contributed by atoms with Gasteiger partial charge in [0.15, 0.2) is 11.5 Å². The van der Waals surface area contributed by atoms with E-state index in [1.807, 2.05) is 24.3 Å². The zero-order chi connectivity index (χ0) is 25.7. The maximum atomic E-state index is 12.9. The fourth-order valence-electron chi connectivity index (χ4n) is 4.64. The van der Waals surface area contributed by atoms with Crippen LogP contribution in [-0.4, -0.2) is 78.1 Å². The average Bonchev–Trinajstić information content (AvgIpc) is 2.92. The summed E-state index contributed by atoms with van der Waals surface area (Å²) in [5.74, 6) is 1.38. The first-order valence-corrected chi connectivity index (χ1v) is 11.7. The van der Waals surface area contributed by atoms with Crippen LogP contribution in [0.3, 0.4) is 0 Å². The molecule has 1 atom stereocenters. The van der Waals surface area contributed by atoms with Crippen LogP contribution in [0.25, 0.3) is 0 Å². The van der Waals surface area contributed by atoms with Gasteiger partial charge in [-0.25, -0.2) is 9.59 Å². The molecule has 2 aromatic rings. The smallest absolute Gasteiger partial charge is 0.338 e. The molecule has 0 aromatic heterocycles. The molecular formula is C26H32N4O6. The highest BCUT2D eigenvalue weighted by molar-refractivity contribution is 5.95. The van der Waals surface area contributed by atoms with Crippen molar-refractivity contribution in [3.05, 3.63) is 59.3 Å². The van der Waals surface area contributed by atoms with Crippen LogP contribution in [0, 0.1) is 0 Å². The van der Waals surface area contributed by atoms with Crippen molar-refractivity contribution < 1.29 is 28.5 Å². The number of benzene rings is 2. The summed E-state index contributed by atoms with van der Waals surface area (Å²) in [7, 11) is 6.09. The summed E-state index contributed by atoms with van der Waals surface area (Å²) < 4.78 is 21.4. The Morgan fingerprint density at radius 3 is 2.28 bits per heavy atom. The monoisotopic (exact) mass is 496 g/mol. The minimum Gasteiger partial charge on any atom is -0.495 e. The first-order valence-electron chi connectivity index (χ1n) is 11.7. The van der Waals surface area contributed by atoms with E-state index in [2.05, 4.69) is 20.4 Å². The fourth-order valence-corrected chi connectivity index (χ4v) is 4.64. The predicted molar refractivity (Wildman–Crippen MR) is 135 cm³/mol. The lowest BCUT2D eigenvalue weighted by Crippen LogP contribution is -2.51. The summed E-state index contributed by atoms with van der Waals surface area (Å²) >= 11 is 0. The number of carbonyl (C=O) groups is 2. The van der Waals surface area contributed by atoms with Crippen LogP contribution in [0.4, 0.5) is 10.5 Å². The summed E-state index contributed by atoms with van der Waals surface area (Å²) in [5, 5.41) is 5.69. The molecule has 192 valence electrons. The predicted octanol–water partition coefficient (Wildman–Crippen LogP) is 2.32. The van der Waals surface area contributed by atoms with Gasteiger partial charge in [0, 0.05) is 38.4 Å². The van der Waals surface area contributed by atoms with Gasteiger partial charge in [-0.05, 0) is 29.8 Å². The highest BCUT2D eigenvalue weighted by Gasteiger charge is 2.35. The number of anilines is 1. The Labute approximate surface area is 210 Å². The van der Waals surface area contributed by atoms with E-state index in [9.17, 15) is 9.59 Å².